The SMILES string of the molecule is O=C(NCc1ccc(Cl)cc1)c1n[nH]c2ncc(CCCO)cc2c1=O. The first-order valence-corrected chi connectivity index (χ1v) is 8.47. The number of aromatic nitrogens is 3. The van der Waals surface area contributed by atoms with Crippen LogP contribution in [0.25, 0.3) is 11.0 Å². The zero-order valence-corrected chi connectivity index (χ0v) is 14.6. The fraction of sp³-hybridized carbons (Fsp3) is 0.222. The molecule has 0 bridgehead atoms. The third kappa shape index (κ3) is 4.07. The Morgan fingerprint density at radius 2 is 2.00 bits per heavy atom. The Labute approximate surface area is 154 Å². The molecule has 2 aromatic heterocycles. The number of amides is 1. The van der Waals surface area contributed by atoms with Gasteiger partial charge in [-0.25, -0.2) is 4.98 Å². The number of H-pyrrole nitrogens is 1. The molecule has 3 aromatic rings. The quantitative estimate of drug-likeness (QED) is 0.611. The maximum absolute atomic E-state index is 12.6. The maximum atomic E-state index is 12.6. The predicted molar refractivity (Wildman–Crippen MR) is 98.2 cm³/mol. The molecule has 1 aromatic carbocycles. The molecule has 134 valence electrons. The summed E-state index contributed by atoms with van der Waals surface area (Å²) in [4.78, 5) is 29.1. The van der Waals surface area contributed by atoms with Gasteiger partial charge in [0.1, 0.15) is 0 Å². The largest absolute Gasteiger partial charge is 0.396 e. The van der Waals surface area contributed by atoms with Crippen molar-refractivity contribution in [2.24, 2.45) is 0 Å². The molecule has 0 aliphatic carbocycles. The first-order chi connectivity index (χ1) is 12.6. The summed E-state index contributed by atoms with van der Waals surface area (Å²) in [5, 5.41) is 19.0. The number of aliphatic hydroxyl groups is 1. The van der Waals surface area contributed by atoms with Crippen molar-refractivity contribution < 1.29 is 9.90 Å². The molecular weight excluding hydrogens is 356 g/mol. The van der Waals surface area contributed by atoms with Crippen molar-refractivity contribution in [3.05, 3.63) is 68.6 Å². The highest BCUT2D eigenvalue weighted by atomic mass is 35.5. The van der Waals surface area contributed by atoms with Crippen molar-refractivity contribution in [1.82, 2.24) is 20.5 Å². The first-order valence-electron chi connectivity index (χ1n) is 8.09. The van der Waals surface area contributed by atoms with Crippen molar-refractivity contribution in [2.75, 3.05) is 6.61 Å². The number of nitrogens with one attached hydrogen (secondary N) is 2. The molecule has 0 unspecified atom stereocenters. The molecule has 1 amide bonds. The van der Waals surface area contributed by atoms with Crippen LogP contribution in [0.4, 0.5) is 0 Å². The smallest absolute Gasteiger partial charge is 0.276 e. The first kappa shape index (κ1) is 18.0. The Morgan fingerprint density at radius 3 is 2.73 bits per heavy atom. The van der Waals surface area contributed by atoms with Gasteiger partial charge in [0.05, 0.1) is 5.39 Å². The van der Waals surface area contributed by atoms with Crippen LogP contribution in [0.1, 0.15) is 28.0 Å². The average Bonchev–Trinajstić information content (AvgIpc) is 2.66. The van der Waals surface area contributed by atoms with Gasteiger partial charge in [0, 0.05) is 24.4 Å². The number of aryl methyl sites for hydroxylation is 1. The van der Waals surface area contributed by atoms with Gasteiger partial charge in [0.15, 0.2) is 11.3 Å². The van der Waals surface area contributed by atoms with Gasteiger partial charge in [-0.2, -0.15) is 5.10 Å². The molecule has 3 N–H and O–H groups in total. The summed E-state index contributed by atoms with van der Waals surface area (Å²) in [7, 11) is 0. The summed E-state index contributed by atoms with van der Waals surface area (Å²) in [5.74, 6) is -0.566. The number of hydrogen-bond acceptors (Lipinski definition) is 5. The second-order valence-electron chi connectivity index (χ2n) is 5.78. The molecule has 0 aliphatic rings. The van der Waals surface area contributed by atoms with Crippen molar-refractivity contribution in [1.29, 1.82) is 0 Å². The van der Waals surface area contributed by atoms with Gasteiger partial charge in [-0.3, -0.25) is 14.7 Å². The molecular formula is C18H17ClN4O3. The zero-order valence-electron chi connectivity index (χ0n) is 13.8. The molecule has 2 heterocycles. The van der Waals surface area contributed by atoms with Gasteiger partial charge in [-0.1, -0.05) is 23.7 Å². The van der Waals surface area contributed by atoms with Crippen LogP contribution in [-0.2, 0) is 13.0 Å². The minimum atomic E-state index is -0.566. The Kier molecular flexibility index (Phi) is 5.60. The lowest BCUT2D eigenvalue weighted by Gasteiger charge is -2.06. The minimum absolute atomic E-state index is 0.0586. The van der Waals surface area contributed by atoms with Crippen LogP contribution in [0.15, 0.2) is 41.3 Å². The highest BCUT2D eigenvalue weighted by Crippen LogP contribution is 2.10. The highest BCUT2D eigenvalue weighted by molar-refractivity contribution is 6.30. The number of nitrogens with zero attached hydrogens (tertiary/aromatic N) is 2. The minimum Gasteiger partial charge on any atom is -0.396 e. The molecule has 0 spiro atoms. The van der Waals surface area contributed by atoms with E-state index in [0.717, 1.165) is 11.1 Å². The summed E-state index contributed by atoms with van der Waals surface area (Å²) < 4.78 is 0. The number of hydrogen-bond donors (Lipinski definition) is 3. The van der Waals surface area contributed by atoms with Crippen molar-refractivity contribution in [2.45, 2.75) is 19.4 Å². The molecule has 0 atom stereocenters. The highest BCUT2D eigenvalue weighted by Gasteiger charge is 2.15. The molecule has 26 heavy (non-hydrogen) atoms. The lowest BCUT2D eigenvalue weighted by molar-refractivity contribution is 0.0944. The number of carbonyl (C=O) groups excluding carboxylic acids is 1. The summed E-state index contributed by atoms with van der Waals surface area (Å²) in [5.41, 5.74) is 1.29. The lowest BCUT2D eigenvalue weighted by Crippen LogP contribution is -2.30. The zero-order chi connectivity index (χ0) is 18.5. The molecule has 0 radical (unpaired) electrons. The second kappa shape index (κ2) is 8.07. The van der Waals surface area contributed by atoms with E-state index in [-0.39, 0.29) is 18.8 Å². The molecule has 7 nitrogen and oxygen atoms in total. The Morgan fingerprint density at radius 1 is 1.23 bits per heavy atom. The number of aromatic amines is 1. The van der Waals surface area contributed by atoms with Gasteiger partial charge >= 0.3 is 0 Å². The topological polar surface area (TPSA) is 108 Å². The maximum Gasteiger partial charge on any atom is 0.276 e. The van der Waals surface area contributed by atoms with Crippen molar-refractivity contribution >= 4 is 28.5 Å². The molecule has 0 saturated heterocycles. The van der Waals surface area contributed by atoms with E-state index in [9.17, 15) is 9.59 Å². The van der Waals surface area contributed by atoms with Crippen LogP contribution in [-0.4, -0.2) is 32.8 Å². The Balaban J connectivity index is 1.82. The number of pyridine rings is 1. The van der Waals surface area contributed by atoms with E-state index in [4.69, 9.17) is 16.7 Å². The van der Waals surface area contributed by atoms with Gasteiger partial charge in [-0.15, -0.1) is 0 Å². The number of aliphatic hydroxyl groups excluding tert-OH is 1. The van der Waals surface area contributed by atoms with Crippen LogP contribution < -0.4 is 10.7 Å². The van der Waals surface area contributed by atoms with E-state index >= 15 is 0 Å². The fourth-order valence-electron chi connectivity index (χ4n) is 2.50. The summed E-state index contributed by atoms with van der Waals surface area (Å²) in [6.45, 7) is 0.313. The van der Waals surface area contributed by atoms with E-state index < -0.39 is 11.3 Å². The molecule has 3 rings (SSSR count). The predicted octanol–water partition coefficient (Wildman–Crippen LogP) is 1.83. The standard InChI is InChI=1S/C18H17ClN4O3/c19-13-5-3-11(4-6-13)9-21-18(26)15-16(25)14-8-12(2-1-7-24)10-20-17(14)23-22-15/h3-6,8,10,24H,1-2,7,9H2,(H,21,26)(H,20,23,25). The number of halogens is 1. The monoisotopic (exact) mass is 372 g/mol. The summed E-state index contributed by atoms with van der Waals surface area (Å²) >= 11 is 5.83. The van der Waals surface area contributed by atoms with Crippen LogP contribution in [0.5, 0.6) is 0 Å². The number of fused-ring (bicyclic) bond motifs is 1. The molecule has 8 heteroatoms. The third-order valence-corrected chi connectivity index (χ3v) is 4.13. The van der Waals surface area contributed by atoms with Gasteiger partial charge in [-0.05, 0) is 42.2 Å². The lowest BCUT2D eigenvalue weighted by atomic mass is 10.1. The third-order valence-electron chi connectivity index (χ3n) is 3.88. The average molecular weight is 373 g/mol. The van der Waals surface area contributed by atoms with Crippen LogP contribution in [0, 0.1) is 0 Å². The molecule has 0 aliphatic heterocycles. The van der Waals surface area contributed by atoms with E-state index in [1.165, 1.54) is 0 Å². The molecule has 0 saturated carbocycles. The van der Waals surface area contributed by atoms with Crippen LogP contribution in [0.3, 0.4) is 0 Å². The fourth-order valence-corrected chi connectivity index (χ4v) is 2.63. The number of benzene rings is 1. The Bertz CT molecular complexity index is 986. The van der Waals surface area contributed by atoms with Gasteiger partial charge in [0.2, 0.25) is 5.43 Å². The second-order valence-corrected chi connectivity index (χ2v) is 6.21. The number of rotatable bonds is 6. The van der Waals surface area contributed by atoms with E-state index in [1.807, 2.05) is 0 Å². The van der Waals surface area contributed by atoms with Crippen molar-refractivity contribution in [3.8, 4) is 0 Å². The van der Waals surface area contributed by atoms with Gasteiger partial charge in [0.25, 0.3) is 5.91 Å². The normalized spacial score (nSPS) is 10.8. The van der Waals surface area contributed by atoms with Gasteiger partial charge < -0.3 is 10.4 Å². The van der Waals surface area contributed by atoms with E-state index in [1.54, 1.807) is 36.5 Å². The van der Waals surface area contributed by atoms with Crippen LogP contribution in [0.2, 0.25) is 5.02 Å². The Hall–Kier alpha value is -2.77. The van der Waals surface area contributed by atoms with E-state index in [0.29, 0.717) is 28.9 Å². The molecule has 0 fully saturated rings. The summed E-state index contributed by atoms with van der Waals surface area (Å²) in [6, 6.07) is 8.71. The number of carbonyl (C=O) groups is 1. The van der Waals surface area contributed by atoms with E-state index in [2.05, 4.69) is 20.5 Å². The van der Waals surface area contributed by atoms with Crippen LogP contribution >= 0.6 is 11.6 Å². The van der Waals surface area contributed by atoms with Crippen molar-refractivity contribution in [3.63, 3.8) is 0 Å². The summed E-state index contributed by atoms with van der Waals surface area (Å²) in [6.07, 6.45) is 2.79.